The minimum absolute atomic E-state index is 0.0936. The lowest BCUT2D eigenvalue weighted by atomic mass is 9.87. The van der Waals surface area contributed by atoms with Crippen molar-refractivity contribution in [3.63, 3.8) is 0 Å². The largest absolute Gasteiger partial charge is 0.371 e. The van der Waals surface area contributed by atoms with Crippen molar-refractivity contribution in [2.45, 2.75) is 31.3 Å². The maximum absolute atomic E-state index is 14.5. The first-order valence-electron chi connectivity index (χ1n) is 7.82. The van der Waals surface area contributed by atoms with Gasteiger partial charge < -0.3 is 10.5 Å². The Morgan fingerprint density at radius 3 is 2.96 bits per heavy atom. The van der Waals surface area contributed by atoms with Crippen LogP contribution in [0.2, 0.25) is 5.02 Å². The molecule has 2 aromatic rings. The van der Waals surface area contributed by atoms with Crippen LogP contribution < -0.4 is 5.73 Å². The molecule has 2 aromatic heterocycles. The molecule has 1 unspecified atom stereocenters. The highest BCUT2D eigenvalue weighted by atomic mass is 35.5. The molecule has 1 saturated heterocycles. The second-order valence-corrected chi connectivity index (χ2v) is 6.59. The molecule has 4 heterocycles. The fourth-order valence-electron chi connectivity index (χ4n) is 3.58. The summed E-state index contributed by atoms with van der Waals surface area (Å²) in [5.74, 6) is -1.08. The molecule has 7 heteroatoms. The van der Waals surface area contributed by atoms with Crippen LogP contribution >= 0.6 is 11.6 Å². The SMILES string of the molecule is NC(=O)c1cc(-c2ncc(Cl)cc2F)c2c(n1)[C@@H]1CCCC2CO1. The van der Waals surface area contributed by atoms with Crippen molar-refractivity contribution in [2.24, 2.45) is 5.73 Å². The molecule has 3 aliphatic rings. The van der Waals surface area contributed by atoms with E-state index < -0.39 is 11.7 Å². The van der Waals surface area contributed by atoms with Gasteiger partial charge in [-0.05, 0) is 37.0 Å². The number of pyridine rings is 2. The third kappa shape index (κ3) is 2.46. The molecule has 0 radical (unpaired) electrons. The number of carbonyl (C=O) groups excluding carboxylic acids is 1. The fraction of sp³-hybridized carbons (Fsp3) is 0.353. The number of ether oxygens (including phenoxy) is 1. The van der Waals surface area contributed by atoms with E-state index >= 15 is 0 Å². The molecule has 0 saturated carbocycles. The van der Waals surface area contributed by atoms with Crippen LogP contribution in [0.3, 0.4) is 0 Å². The predicted molar refractivity (Wildman–Crippen MR) is 86.2 cm³/mol. The summed E-state index contributed by atoms with van der Waals surface area (Å²) in [5, 5.41) is 0.219. The first kappa shape index (κ1) is 15.5. The Bertz CT molecular complexity index is 839. The molecule has 2 aliphatic heterocycles. The number of aromatic nitrogens is 2. The summed E-state index contributed by atoms with van der Waals surface area (Å²) in [6.45, 7) is 0.567. The molecule has 5 rings (SSSR count). The number of halogens is 2. The van der Waals surface area contributed by atoms with E-state index in [2.05, 4.69) is 9.97 Å². The molecule has 0 spiro atoms. The summed E-state index contributed by atoms with van der Waals surface area (Å²) in [5.41, 5.74) is 7.83. The number of amides is 1. The van der Waals surface area contributed by atoms with Crippen molar-refractivity contribution in [2.75, 3.05) is 6.61 Å². The Morgan fingerprint density at radius 1 is 1.38 bits per heavy atom. The van der Waals surface area contributed by atoms with Gasteiger partial charge >= 0.3 is 0 Å². The van der Waals surface area contributed by atoms with Crippen LogP contribution in [0.25, 0.3) is 11.3 Å². The Labute approximate surface area is 143 Å². The second-order valence-electron chi connectivity index (χ2n) is 6.15. The van der Waals surface area contributed by atoms with Gasteiger partial charge in [0.2, 0.25) is 0 Å². The molecule has 2 bridgehead atoms. The number of primary amides is 1. The zero-order valence-corrected chi connectivity index (χ0v) is 13.5. The van der Waals surface area contributed by atoms with Crippen molar-refractivity contribution >= 4 is 17.5 Å². The lowest BCUT2D eigenvalue weighted by Gasteiger charge is -2.29. The highest BCUT2D eigenvalue weighted by Gasteiger charge is 2.36. The van der Waals surface area contributed by atoms with Crippen LogP contribution in [-0.2, 0) is 4.74 Å². The molecule has 1 fully saturated rings. The van der Waals surface area contributed by atoms with Gasteiger partial charge in [0, 0.05) is 17.7 Å². The zero-order valence-electron chi connectivity index (χ0n) is 12.8. The minimum atomic E-state index is -0.659. The lowest BCUT2D eigenvalue weighted by Crippen LogP contribution is -2.23. The highest BCUT2D eigenvalue weighted by molar-refractivity contribution is 6.30. The third-order valence-corrected chi connectivity index (χ3v) is 4.84. The standard InChI is InChI=1S/C17H15ClFN3O2/c18-9-4-11(19)15(21-6-9)10-5-12(17(20)23)22-16-13-3-1-2-8(7-24-13)14(10)16/h4-6,8,13H,1-3,7H2,(H2,20,23)/t8?,13-/m0/s1. The number of nitrogens with zero attached hydrogens (tertiary/aromatic N) is 2. The molecule has 24 heavy (non-hydrogen) atoms. The van der Waals surface area contributed by atoms with Crippen molar-refractivity contribution in [3.05, 3.63) is 46.1 Å². The smallest absolute Gasteiger partial charge is 0.267 e. The van der Waals surface area contributed by atoms with E-state index in [0.29, 0.717) is 17.9 Å². The van der Waals surface area contributed by atoms with Crippen molar-refractivity contribution in [1.82, 2.24) is 9.97 Å². The van der Waals surface area contributed by atoms with Crippen molar-refractivity contribution < 1.29 is 13.9 Å². The fourth-order valence-corrected chi connectivity index (χ4v) is 3.72. The molecule has 1 amide bonds. The zero-order chi connectivity index (χ0) is 16.8. The maximum atomic E-state index is 14.5. The topological polar surface area (TPSA) is 78.1 Å². The predicted octanol–water partition coefficient (Wildman–Crippen LogP) is 3.37. The summed E-state index contributed by atoms with van der Waals surface area (Å²) < 4.78 is 20.3. The van der Waals surface area contributed by atoms with Crippen LogP contribution in [-0.4, -0.2) is 22.5 Å². The molecular weight excluding hydrogens is 333 g/mol. The quantitative estimate of drug-likeness (QED) is 0.903. The second kappa shape index (κ2) is 5.79. The average molecular weight is 348 g/mol. The summed E-state index contributed by atoms with van der Waals surface area (Å²) in [6, 6.07) is 2.74. The van der Waals surface area contributed by atoms with Crippen LogP contribution in [0.15, 0.2) is 18.3 Å². The highest BCUT2D eigenvalue weighted by Crippen LogP contribution is 2.46. The monoisotopic (exact) mass is 347 g/mol. The maximum Gasteiger partial charge on any atom is 0.267 e. The van der Waals surface area contributed by atoms with Gasteiger partial charge in [-0.15, -0.1) is 0 Å². The molecule has 2 N–H and O–H groups in total. The Balaban J connectivity index is 2.01. The van der Waals surface area contributed by atoms with E-state index in [-0.39, 0.29) is 28.4 Å². The Morgan fingerprint density at radius 2 is 2.21 bits per heavy atom. The summed E-state index contributed by atoms with van der Waals surface area (Å²) in [6.07, 6.45) is 3.96. The number of hydrogen-bond acceptors (Lipinski definition) is 4. The van der Waals surface area contributed by atoms with Gasteiger partial charge in [0.25, 0.3) is 5.91 Å². The number of fused-ring (bicyclic) bond motifs is 3. The number of hydrogen-bond donors (Lipinski definition) is 1. The summed E-state index contributed by atoms with van der Waals surface area (Å²) in [7, 11) is 0. The van der Waals surface area contributed by atoms with Crippen molar-refractivity contribution in [3.8, 4) is 11.3 Å². The molecule has 0 aromatic carbocycles. The number of rotatable bonds is 2. The Hall–Kier alpha value is -2.05. The van der Waals surface area contributed by atoms with E-state index in [4.69, 9.17) is 22.1 Å². The van der Waals surface area contributed by atoms with Crippen LogP contribution in [0.5, 0.6) is 0 Å². The first-order valence-corrected chi connectivity index (χ1v) is 8.20. The Kier molecular flexibility index (Phi) is 3.73. The minimum Gasteiger partial charge on any atom is -0.371 e. The molecule has 5 nitrogen and oxygen atoms in total. The van der Waals surface area contributed by atoms with E-state index in [1.807, 2.05) is 0 Å². The van der Waals surface area contributed by atoms with Gasteiger partial charge in [-0.1, -0.05) is 11.6 Å². The molecule has 1 aliphatic carbocycles. The molecular formula is C17H15ClFN3O2. The van der Waals surface area contributed by atoms with Crippen LogP contribution in [0.1, 0.15) is 53.0 Å². The van der Waals surface area contributed by atoms with Crippen LogP contribution in [0.4, 0.5) is 4.39 Å². The lowest BCUT2D eigenvalue weighted by molar-refractivity contribution is 0.0346. The first-order chi connectivity index (χ1) is 11.5. The number of carbonyl (C=O) groups is 1. The van der Waals surface area contributed by atoms with E-state index in [1.54, 1.807) is 0 Å². The van der Waals surface area contributed by atoms with Gasteiger partial charge in [-0.25, -0.2) is 9.37 Å². The van der Waals surface area contributed by atoms with Crippen molar-refractivity contribution in [1.29, 1.82) is 0 Å². The number of nitrogens with two attached hydrogens (primary N) is 1. The third-order valence-electron chi connectivity index (χ3n) is 4.63. The van der Waals surface area contributed by atoms with Crippen LogP contribution in [0, 0.1) is 5.82 Å². The summed E-state index contributed by atoms with van der Waals surface area (Å²) in [4.78, 5) is 20.2. The summed E-state index contributed by atoms with van der Waals surface area (Å²) >= 11 is 5.81. The van der Waals surface area contributed by atoms with Gasteiger partial charge in [0.1, 0.15) is 11.4 Å². The average Bonchev–Trinajstić information content (AvgIpc) is 2.88. The van der Waals surface area contributed by atoms with E-state index in [9.17, 15) is 9.18 Å². The van der Waals surface area contributed by atoms with E-state index in [0.717, 1.165) is 24.8 Å². The van der Waals surface area contributed by atoms with Gasteiger partial charge in [-0.3, -0.25) is 9.78 Å². The molecule has 2 atom stereocenters. The van der Waals surface area contributed by atoms with Gasteiger partial charge in [0.05, 0.1) is 23.4 Å². The van der Waals surface area contributed by atoms with Gasteiger partial charge in [-0.2, -0.15) is 0 Å². The normalized spacial score (nSPS) is 22.1. The molecule has 124 valence electrons. The van der Waals surface area contributed by atoms with Gasteiger partial charge in [0.15, 0.2) is 5.82 Å². The van der Waals surface area contributed by atoms with E-state index in [1.165, 1.54) is 18.3 Å².